The predicted octanol–water partition coefficient (Wildman–Crippen LogP) is 10.4. The maximum absolute atomic E-state index is 6.38. The number of fused-ring (bicyclic) bond motifs is 9. The van der Waals surface area contributed by atoms with Crippen LogP contribution in [-0.2, 0) is 6.42 Å². The second-order valence-corrected chi connectivity index (χ2v) is 11.2. The average molecular weight is 526 g/mol. The number of aromatic nitrogens is 1. The third-order valence-electron chi connectivity index (χ3n) is 9.06. The summed E-state index contributed by atoms with van der Waals surface area (Å²) in [6, 6.07) is 48.7. The molecule has 1 aliphatic rings. The molecule has 9 rings (SSSR count). The van der Waals surface area contributed by atoms with Gasteiger partial charge < -0.3 is 8.98 Å². The quantitative estimate of drug-likeness (QED) is 0.219. The van der Waals surface area contributed by atoms with Crippen LogP contribution >= 0.6 is 0 Å². The Labute approximate surface area is 238 Å². The van der Waals surface area contributed by atoms with E-state index in [-0.39, 0.29) is 0 Å². The lowest BCUT2D eigenvalue weighted by Crippen LogP contribution is -2.02. The molecule has 6 aromatic carbocycles. The van der Waals surface area contributed by atoms with Crippen molar-refractivity contribution in [1.29, 1.82) is 0 Å². The number of nitrogens with zero attached hydrogens (tertiary/aromatic N) is 1. The summed E-state index contributed by atoms with van der Waals surface area (Å²) >= 11 is 0. The number of para-hydroxylation sites is 2. The van der Waals surface area contributed by atoms with E-state index < -0.39 is 0 Å². The fourth-order valence-corrected chi connectivity index (χ4v) is 7.19. The zero-order valence-corrected chi connectivity index (χ0v) is 22.5. The minimum Gasteiger partial charge on any atom is -0.456 e. The van der Waals surface area contributed by atoms with Crippen molar-refractivity contribution >= 4 is 43.7 Å². The van der Waals surface area contributed by atoms with Gasteiger partial charge in [0.15, 0.2) is 0 Å². The van der Waals surface area contributed by atoms with Crippen LogP contribution in [0.25, 0.3) is 60.6 Å². The Morgan fingerprint density at radius 2 is 1.17 bits per heavy atom. The van der Waals surface area contributed by atoms with Crippen LogP contribution < -0.4 is 0 Å². The average Bonchev–Trinajstić information content (AvgIpc) is 3.51. The summed E-state index contributed by atoms with van der Waals surface area (Å²) in [5, 5.41) is 4.89. The van der Waals surface area contributed by atoms with Crippen molar-refractivity contribution in [3.8, 4) is 16.8 Å². The normalized spacial score (nSPS) is 14.9. The molecule has 0 N–H and O–H groups in total. The Morgan fingerprint density at radius 1 is 0.537 bits per heavy atom. The first-order valence-corrected chi connectivity index (χ1v) is 14.5. The van der Waals surface area contributed by atoms with Crippen LogP contribution in [0, 0.1) is 0 Å². The third-order valence-corrected chi connectivity index (χ3v) is 9.06. The first-order chi connectivity index (χ1) is 20.3. The molecule has 41 heavy (non-hydrogen) atoms. The topological polar surface area (TPSA) is 18.1 Å². The van der Waals surface area contributed by atoms with E-state index in [9.17, 15) is 0 Å². The fourth-order valence-electron chi connectivity index (χ4n) is 7.19. The van der Waals surface area contributed by atoms with Crippen molar-refractivity contribution in [2.24, 2.45) is 0 Å². The molecule has 0 spiro atoms. The van der Waals surface area contributed by atoms with Crippen molar-refractivity contribution in [2.45, 2.75) is 18.8 Å². The summed E-state index contributed by atoms with van der Waals surface area (Å²) in [6.45, 7) is 0. The van der Waals surface area contributed by atoms with Gasteiger partial charge in [-0.3, -0.25) is 0 Å². The Kier molecular flexibility index (Phi) is 4.82. The molecule has 0 aliphatic heterocycles. The van der Waals surface area contributed by atoms with Gasteiger partial charge in [0.1, 0.15) is 11.2 Å². The number of benzene rings is 6. The summed E-state index contributed by atoms with van der Waals surface area (Å²) < 4.78 is 8.76. The van der Waals surface area contributed by atoms with Gasteiger partial charge in [0.05, 0.1) is 11.0 Å². The largest absolute Gasteiger partial charge is 0.456 e. The molecule has 8 aromatic rings. The molecule has 2 heterocycles. The van der Waals surface area contributed by atoms with Gasteiger partial charge in [-0.15, -0.1) is 0 Å². The van der Waals surface area contributed by atoms with Crippen molar-refractivity contribution < 1.29 is 4.42 Å². The lowest BCUT2D eigenvalue weighted by Gasteiger charge is -2.18. The number of furan rings is 1. The highest BCUT2D eigenvalue weighted by molar-refractivity contribution is 6.10. The molecular weight excluding hydrogens is 498 g/mol. The third kappa shape index (κ3) is 3.37. The van der Waals surface area contributed by atoms with E-state index in [1.165, 1.54) is 55.0 Å². The monoisotopic (exact) mass is 525 g/mol. The lowest BCUT2D eigenvalue weighted by atomic mass is 9.85. The molecule has 1 aliphatic carbocycles. The Bertz CT molecular complexity index is 2230. The SMILES string of the molecule is c1ccc2c(c1)CCC(c1ccc3oc4ccc(-n5c6ccccc6c6ccccc65)cc4c3c1)c1ccccc1-2. The highest BCUT2D eigenvalue weighted by Gasteiger charge is 2.24. The van der Waals surface area contributed by atoms with Crippen molar-refractivity contribution in [1.82, 2.24) is 4.57 Å². The van der Waals surface area contributed by atoms with Gasteiger partial charge in [0, 0.05) is 33.2 Å². The number of aryl methyl sites for hydroxylation is 1. The van der Waals surface area contributed by atoms with E-state index in [2.05, 4.69) is 138 Å². The first-order valence-electron chi connectivity index (χ1n) is 14.5. The van der Waals surface area contributed by atoms with E-state index >= 15 is 0 Å². The van der Waals surface area contributed by atoms with Crippen LogP contribution in [0.3, 0.4) is 0 Å². The van der Waals surface area contributed by atoms with E-state index in [4.69, 9.17) is 4.42 Å². The molecule has 0 saturated heterocycles. The molecule has 194 valence electrons. The lowest BCUT2D eigenvalue weighted by molar-refractivity contribution is 0.668. The molecule has 2 aromatic heterocycles. The molecule has 0 fully saturated rings. The van der Waals surface area contributed by atoms with Gasteiger partial charge in [-0.1, -0.05) is 91.0 Å². The molecule has 2 heteroatoms. The molecule has 0 radical (unpaired) electrons. The van der Waals surface area contributed by atoms with E-state index in [1.54, 1.807) is 0 Å². The smallest absolute Gasteiger partial charge is 0.135 e. The van der Waals surface area contributed by atoms with Crippen LogP contribution in [0.5, 0.6) is 0 Å². The van der Waals surface area contributed by atoms with E-state index in [1.807, 2.05) is 0 Å². The van der Waals surface area contributed by atoms with Gasteiger partial charge in [-0.2, -0.15) is 0 Å². The zero-order valence-electron chi connectivity index (χ0n) is 22.5. The summed E-state index contributed by atoms with van der Waals surface area (Å²) in [5.74, 6) is 0.327. The molecule has 2 nitrogen and oxygen atoms in total. The molecule has 1 unspecified atom stereocenters. The van der Waals surface area contributed by atoms with Gasteiger partial charge in [-0.05, 0) is 83.1 Å². The van der Waals surface area contributed by atoms with Crippen molar-refractivity contribution in [3.05, 3.63) is 150 Å². The summed E-state index contributed by atoms with van der Waals surface area (Å²) in [4.78, 5) is 0. The molecule has 0 amide bonds. The fraction of sp³-hybridized carbons (Fsp3) is 0.0769. The minimum atomic E-state index is 0.327. The standard InChI is InChI=1S/C39H27NO/c1-2-10-28-25(9-1)17-20-29(31-12-4-3-11-30(28)31)26-18-21-38-34(23-26)35-24-27(19-22-39(35)41-38)40-36-15-7-5-13-32(36)33-14-6-8-16-37(33)40/h1-16,18-19,21-24,29H,17,20H2. The van der Waals surface area contributed by atoms with Crippen LogP contribution in [0.4, 0.5) is 0 Å². The number of hydrogen-bond acceptors (Lipinski definition) is 1. The maximum Gasteiger partial charge on any atom is 0.135 e. The van der Waals surface area contributed by atoms with Crippen LogP contribution in [0.1, 0.15) is 29.0 Å². The Hall–Kier alpha value is -5.08. The minimum absolute atomic E-state index is 0.327. The summed E-state index contributed by atoms with van der Waals surface area (Å²) in [7, 11) is 0. The molecule has 1 atom stereocenters. The van der Waals surface area contributed by atoms with Gasteiger partial charge in [0.25, 0.3) is 0 Å². The predicted molar refractivity (Wildman–Crippen MR) is 170 cm³/mol. The van der Waals surface area contributed by atoms with Gasteiger partial charge >= 0.3 is 0 Å². The van der Waals surface area contributed by atoms with Crippen molar-refractivity contribution in [3.63, 3.8) is 0 Å². The molecular formula is C39H27NO. The van der Waals surface area contributed by atoms with Gasteiger partial charge in [0.2, 0.25) is 0 Å². The highest BCUT2D eigenvalue weighted by Crippen LogP contribution is 2.43. The Balaban J connectivity index is 1.23. The summed E-state index contributed by atoms with van der Waals surface area (Å²) in [6.07, 6.45) is 2.15. The Morgan fingerprint density at radius 3 is 1.98 bits per heavy atom. The van der Waals surface area contributed by atoms with Crippen LogP contribution in [0.2, 0.25) is 0 Å². The number of rotatable bonds is 2. The summed E-state index contributed by atoms with van der Waals surface area (Å²) in [5.41, 5.74) is 12.4. The second kappa shape index (κ2) is 8.71. The van der Waals surface area contributed by atoms with Crippen LogP contribution in [-0.4, -0.2) is 4.57 Å². The second-order valence-electron chi connectivity index (χ2n) is 11.2. The van der Waals surface area contributed by atoms with Crippen molar-refractivity contribution in [2.75, 3.05) is 0 Å². The van der Waals surface area contributed by atoms with E-state index in [0.29, 0.717) is 5.92 Å². The highest BCUT2D eigenvalue weighted by atomic mass is 16.3. The van der Waals surface area contributed by atoms with Gasteiger partial charge in [-0.25, -0.2) is 0 Å². The maximum atomic E-state index is 6.38. The van der Waals surface area contributed by atoms with E-state index in [0.717, 1.165) is 35.1 Å². The zero-order chi connectivity index (χ0) is 26.9. The molecule has 0 saturated carbocycles. The van der Waals surface area contributed by atoms with Crippen LogP contribution in [0.15, 0.2) is 138 Å². The first kappa shape index (κ1) is 22.7. The number of hydrogen-bond donors (Lipinski definition) is 0. The molecule has 0 bridgehead atoms.